The Morgan fingerprint density at radius 2 is 1.92 bits per heavy atom. The fraction of sp³-hybridized carbons (Fsp3) is 0.222. The van der Waals surface area contributed by atoms with Crippen LogP contribution in [-0.2, 0) is 6.54 Å². The minimum absolute atomic E-state index is 0.0309. The van der Waals surface area contributed by atoms with Gasteiger partial charge in [0.2, 0.25) is 5.95 Å². The summed E-state index contributed by atoms with van der Waals surface area (Å²) in [6.07, 6.45) is 4.26. The van der Waals surface area contributed by atoms with E-state index in [4.69, 9.17) is 0 Å². The highest BCUT2D eigenvalue weighted by Crippen LogP contribution is 2.13. The summed E-state index contributed by atoms with van der Waals surface area (Å²) in [4.78, 5) is 24.8. The van der Waals surface area contributed by atoms with Gasteiger partial charge in [-0.1, -0.05) is 12.1 Å². The highest BCUT2D eigenvalue weighted by molar-refractivity contribution is 5.54. The van der Waals surface area contributed by atoms with Crippen molar-refractivity contribution in [2.24, 2.45) is 0 Å². The molecule has 0 unspecified atom stereocenters. The SMILES string of the molecule is Cc1cccc(=O)n1CCCNc1nccc(-c2ccccn2)n1. The summed E-state index contributed by atoms with van der Waals surface area (Å²) in [6, 6.07) is 12.9. The van der Waals surface area contributed by atoms with E-state index in [9.17, 15) is 4.79 Å². The van der Waals surface area contributed by atoms with Crippen LogP contribution in [0.15, 0.2) is 59.7 Å². The number of aryl methyl sites for hydroxylation is 1. The Morgan fingerprint density at radius 3 is 2.71 bits per heavy atom. The van der Waals surface area contributed by atoms with Crippen LogP contribution in [0, 0.1) is 6.92 Å². The quantitative estimate of drug-likeness (QED) is 0.706. The van der Waals surface area contributed by atoms with E-state index in [0.29, 0.717) is 19.0 Å². The van der Waals surface area contributed by atoms with E-state index in [1.54, 1.807) is 29.1 Å². The molecule has 0 amide bonds. The number of hydrogen-bond acceptors (Lipinski definition) is 5. The molecule has 0 bridgehead atoms. The summed E-state index contributed by atoms with van der Waals surface area (Å²) in [5.41, 5.74) is 2.59. The van der Waals surface area contributed by atoms with Crippen LogP contribution in [-0.4, -0.2) is 26.1 Å². The molecule has 122 valence electrons. The fourth-order valence-corrected chi connectivity index (χ4v) is 2.45. The van der Waals surface area contributed by atoms with Gasteiger partial charge in [-0.2, -0.15) is 0 Å². The van der Waals surface area contributed by atoms with Crippen LogP contribution in [0.1, 0.15) is 12.1 Å². The molecule has 0 aliphatic carbocycles. The fourth-order valence-electron chi connectivity index (χ4n) is 2.45. The van der Waals surface area contributed by atoms with Gasteiger partial charge in [-0.15, -0.1) is 0 Å². The molecule has 3 rings (SSSR count). The lowest BCUT2D eigenvalue weighted by Crippen LogP contribution is -2.22. The predicted octanol–water partition coefficient (Wildman–Crippen LogP) is 2.51. The zero-order valence-corrected chi connectivity index (χ0v) is 13.5. The highest BCUT2D eigenvalue weighted by atomic mass is 16.1. The first-order valence-electron chi connectivity index (χ1n) is 7.89. The van der Waals surface area contributed by atoms with Gasteiger partial charge < -0.3 is 9.88 Å². The Hall–Kier alpha value is -3.02. The van der Waals surface area contributed by atoms with Crippen LogP contribution in [0.25, 0.3) is 11.4 Å². The predicted molar refractivity (Wildman–Crippen MR) is 93.8 cm³/mol. The number of aromatic nitrogens is 4. The zero-order valence-electron chi connectivity index (χ0n) is 13.5. The Labute approximate surface area is 140 Å². The minimum Gasteiger partial charge on any atom is -0.354 e. The van der Waals surface area contributed by atoms with Gasteiger partial charge in [0.1, 0.15) is 0 Å². The zero-order chi connectivity index (χ0) is 16.8. The first-order chi connectivity index (χ1) is 11.7. The van der Waals surface area contributed by atoms with E-state index in [1.165, 1.54) is 0 Å². The molecule has 0 aromatic carbocycles. The topological polar surface area (TPSA) is 72.7 Å². The largest absolute Gasteiger partial charge is 0.354 e. The molecular weight excluding hydrogens is 302 g/mol. The van der Waals surface area contributed by atoms with E-state index in [0.717, 1.165) is 23.5 Å². The molecular formula is C18H19N5O. The van der Waals surface area contributed by atoms with E-state index in [-0.39, 0.29) is 5.56 Å². The van der Waals surface area contributed by atoms with E-state index >= 15 is 0 Å². The lowest BCUT2D eigenvalue weighted by atomic mass is 10.2. The van der Waals surface area contributed by atoms with Gasteiger partial charge >= 0.3 is 0 Å². The Kier molecular flexibility index (Phi) is 4.96. The molecule has 0 saturated heterocycles. The second-order valence-corrected chi connectivity index (χ2v) is 5.42. The number of nitrogens with zero attached hydrogens (tertiary/aromatic N) is 4. The van der Waals surface area contributed by atoms with E-state index in [1.807, 2.05) is 37.3 Å². The maximum atomic E-state index is 11.8. The second-order valence-electron chi connectivity index (χ2n) is 5.42. The van der Waals surface area contributed by atoms with Crippen molar-refractivity contribution in [3.05, 3.63) is 70.9 Å². The molecule has 0 radical (unpaired) electrons. The van der Waals surface area contributed by atoms with Gasteiger partial charge in [0.05, 0.1) is 11.4 Å². The number of anilines is 1. The van der Waals surface area contributed by atoms with Crippen molar-refractivity contribution < 1.29 is 0 Å². The third-order valence-corrected chi connectivity index (χ3v) is 3.69. The van der Waals surface area contributed by atoms with Gasteiger partial charge in [0, 0.05) is 37.2 Å². The van der Waals surface area contributed by atoms with Crippen molar-refractivity contribution in [2.75, 3.05) is 11.9 Å². The summed E-state index contributed by atoms with van der Waals surface area (Å²) < 4.78 is 1.77. The van der Waals surface area contributed by atoms with E-state index < -0.39 is 0 Å². The molecule has 6 nitrogen and oxygen atoms in total. The molecule has 0 aliphatic rings. The lowest BCUT2D eigenvalue weighted by Gasteiger charge is -2.10. The molecule has 3 heterocycles. The number of pyridine rings is 2. The first-order valence-corrected chi connectivity index (χ1v) is 7.89. The molecule has 0 fully saturated rings. The third kappa shape index (κ3) is 3.84. The van der Waals surface area contributed by atoms with Crippen molar-refractivity contribution in [2.45, 2.75) is 19.9 Å². The summed E-state index contributed by atoms with van der Waals surface area (Å²) >= 11 is 0. The van der Waals surface area contributed by atoms with Crippen molar-refractivity contribution >= 4 is 5.95 Å². The number of rotatable bonds is 6. The van der Waals surface area contributed by atoms with Gasteiger partial charge in [0.25, 0.3) is 5.56 Å². The third-order valence-electron chi connectivity index (χ3n) is 3.69. The molecule has 0 atom stereocenters. The average Bonchev–Trinajstić information content (AvgIpc) is 2.62. The molecule has 0 aliphatic heterocycles. The van der Waals surface area contributed by atoms with Crippen molar-refractivity contribution in [1.29, 1.82) is 0 Å². The summed E-state index contributed by atoms with van der Waals surface area (Å²) in [5.74, 6) is 0.565. The van der Waals surface area contributed by atoms with Crippen LogP contribution in [0.2, 0.25) is 0 Å². The van der Waals surface area contributed by atoms with Gasteiger partial charge in [-0.3, -0.25) is 9.78 Å². The monoisotopic (exact) mass is 321 g/mol. The first kappa shape index (κ1) is 15.9. The minimum atomic E-state index is 0.0309. The van der Waals surface area contributed by atoms with Crippen molar-refractivity contribution in [3.63, 3.8) is 0 Å². The van der Waals surface area contributed by atoms with Crippen LogP contribution >= 0.6 is 0 Å². The standard InChI is InChI=1S/C18H19N5O/c1-14-6-4-8-17(24)23(14)13-5-11-20-18-21-12-9-16(22-18)15-7-2-3-10-19-15/h2-4,6-10,12H,5,11,13H2,1H3,(H,20,21,22). The number of hydrogen-bond donors (Lipinski definition) is 1. The molecule has 0 spiro atoms. The van der Waals surface area contributed by atoms with Gasteiger partial charge in [-0.05, 0) is 37.6 Å². The Morgan fingerprint density at radius 1 is 1.00 bits per heavy atom. The maximum Gasteiger partial charge on any atom is 0.250 e. The van der Waals surface area contributed by atoms with Crippen LogP contribution in [0.5, 0.6) is 0 Å². The molecule has 3 aromatic rings. The summed E-state index contributed by atoms with van der Waals surface area (Å²) in [5, 5.41) is 3.20. The highest BCUT2D eigenvalue weighted by Gasteiger charge is 2.03. The smallest absolute Gasteiger partial charge is 0.250 e. The summed E-state index contributed by atoms with van der Waals surface area (Å²) in [6.45, 7) is 3.29. The van der Waals surface area contributed by atoms with Crippen LogP contribution < -0.4 is 10.9 Å². The van der Waals surface area contributed by atoms with Crippen molar-refractivity contribution in [1.82, 2.24) is 19.5 Å². The lowest BCUT2D eigenvalue weighted by molar-refractivity contribution is 0.621. The van der Waals surface area contributed by atoms with Crippen LogP contribution in [0.4, 0.5) is 5.95 Å². The number of nitrogens with one attached hydrogen (secondary N) is 1. The molecule has 3 aromatic heterocycles. The molecule has 0 saturated carbocycles. The van der Waals surface area contributed by atoms with Crippen molar-refractivity contribution in [3.8, 4) is 11.4 Å². The van der Waals surface area contributed by atoms with Crippen LogP contribution in [0.3, 0.4) is 0 Å². The Bertz CT molecular complexity index is 861. The second kappa shape index (κ2) is 7.50. The average molecular weight is 321 g/mol. The van der Waals surface area contributed by atoms with Gasteiger partial charge in [0.15, 0.2) is 0 Å². The molecule has 6 heteroatoms. The molecule has 24 heavy (non-hydrogen) atoms. The van der Waals surface area contributed by atoms with Gasteiger partial charge in [-0.25, -0.2) is 9.97 Å². The normalized spacial score (nSPS) is 10.5. The Balaban J connectivity index is 1.59. The summed E-state index contributed by atoms with van der Waals surface area (Å²) in [7, 11) is 0. The maximum absolute atomic E-state index is 11.8. The van der Waals surface area contributed by atoms with E-state index in [2.05, 4.69) is 20.3 Å². The molecule has 1 N–H and O–H groups in total.